The summed E-state index contributed by atoms with van der Waals surface area (Å²) in [5, 5.41) is 6.64. The van der Waals surface area contributed by atoms with Crippen LogP contribution in [0.25, 0.3) is 11.4 Å². The number of ether oxygens (including phenoxy) is 2. The SMILES string of the molecule is CCOc1cc(C(=O)NCc2nc(-c3ccncc3)no2)ccc1OC. The summed E-state index contributed by atoms with van der Waals surface area (Å²) < 4.78 is 15.9. The maximum atomic E-state index is 12.3. The molecule has 2 heterocycles. The molecule has 0 spiro atoms. The van der Waals surface area contributed by atoms with Gasteiger partial charge in [0.25, 0.3) is 5.91 Å². The summed E-state index contributed by atoms with van der Waals surface area (Å²) in [6.07, 6.45) is 3.29. The first kappa shape index (κ1) is 17.4. The summed E-state index contributed by atoms with van der Waals surface area (Å²) in [4.78, 5) is 20.5. The molecule has 1 amide bonds. The minimum Gasteiger partial charge on any atom is -0.493 e. The predicted molar refractivity (Wildman–Crippen MR) is 92.9 cm³/mol. The lowest BCUT2D eigenvalue weighted by Gasteiger charge is -2.10. The summed E-state index contributed by atoms with van der Waals surface area (Å²) in [6, 6.07) is 8.54. The predicted octanol–water partition coefficient (Wildman–Crippen LogP) is 2.47. The Labute approximate surface area is 150 Å². The Hall–Kier alpha value is -3.42. The summed E-state index contributed by atoms with van der Waals surface area (Å²) in [7, 11) is 1.55. The fraction of sp³-hybridized carbons (Fsp3) is 0.222. The highest BCUT2D eigenvalue weighted by Gasteiger charge is 2.13. The van der Waals surface area contributed by atoms with Crippen LogP contribution in [0.2, 0.25) is 0 Å². The van der Waals surface area contributed by atoms with Crippen molar-refractivity contribution in [2.45, 2.75) is 13.5 Å². The van der Waals surface area contributed by atoms with Gasteiger partial charge in [0, 0.05) is 23.5 Å². The molecular formula is C18H18N4O4. The van der Waals surface area contributed by atoms with Gasteiger partial charge in [-0.15, -0.1) is 0 Å². The molecule has 0 atom stereocenters. The van der Waals surface area contributed by atoms with E-state index in [1.807, 2.05) is 6.92 Å². The van der Waals surface area contributed by atoms with E-state index in [0.717, 1.165) is 5.56 Å². The van der Waals surface area contributed by atoms with Crippen LogP contribution in [-0.4, -0.2) is 34.7 Å². The number of pyridine rings is 1. The number of rotatable bonds is 7. The monoisotopic (exact) mass is 354 g/mol. The van der Waals surface area contributed by atoms with Crippen molar-refractivity contribution < 1.29 is 18.8 Å². The van der Waals surface area contributed by atoms with Crippen LogP contribution < -0.4 is 14.8 Å². The Bertz CT molecular complexity index is 880. The number of hydrogen-bond acceptors (Lipinski definition) is 7. The smallest absolute Gasteiger partial charge is 0.251 e. The normalized spacial score (nSPS) is 10.4. The van der Waals surface area contributed by atoms with Crippen LogP contribution >= 0.6 is 0 Å². The van der Waals surface area contributed by atoms with Crippen molar-refractivity contribution in [2.24, 2.45) is 0 Å². The number of benzene rings is 1. The molecule has 134 valence electrons. The molecular weight excluding hydrogens is 336 g/mol. The number of carbonyl (C=O) groups excluding carboxylic acids is 1. The minimum atomic E-state index is -0.280. The third kappa shape index (κ3) is 3.97. The average Bonchev–Trinajstić information content (AvgIpc) is 3.16. The number of amides is 1. The Morgan fingerprint density at radius 1 is 1.19 bits per heavy atom. The van der Waals surface area contributed by atoms with Crippen LogP contribution in [0.3, 0.4) is 0 Å². The van der Waals surface area contributed by atoms with Crippen LogP contribution in [0.15, 0.2) is 47.2 Å². The van der Waals surface area contributed by atoms with E-state index < -0.39 is 0 Å². The molecule has 0 fully saturated rings. The molecule has 0 saturated carbocycles. The Kier molecular flexibility index (Phi) is 5.43. The highest BCUT2D eigenvalue weighted by molar-refractivity contribution is 5.94. The molecule has 8 heteroatoms. The number of aromatic nitrogens is 3. The van der Waals surface area contributed by atoms with Crippen molar-refractivity contribution >= 4 is 5.91 Å². The summed E-state index contributed by atoms with van der Waals surface area (Å²) in [5.41, 5.74) is 1.24. The Morgan fingerprint density at radius 2 is 2.00 bits per heavy atom. The first-order valence-electron chi connectivity index (χ1n) is 8.03. The second-order valence-corrected chi connectivity index (χ2v) is 5.23. The summed E-state index contributed by atoms with van der Waals surface area (Å²) >= 11 is 0. The molecule has 0 aliphatic rings. The van der Waals surface area contributed by atoms with Gasteiger partial charge in [-0.05, 0) is 37.3 Å². The molecule has 2 aromatic heterocycles. The molecule has 0 aliphatic carbocycles. The van der Waals surface area contributed by atoms with Gasteiger partial charge in [-0.3, -0.25) is 9.78 Å². The Balaban J connectivity index is 1.66. The van der Waals surface area contributed by atoms with Gasteiger partial charge in [-0.25, -0.2) is 0 Å². The molecule has 0 bridgehead atoms. The number of methoxy groups -OCH3 is 1. The van der Waals surface area contributed by atoms with Crippen LogP contribution in [0, 0.1) is 0 Å². The molecule has 3 aromatic rings. The van der Waals surface area contributed by atoms with Gasteiger partial charge >= 0.3 is 0 Å². The van der Waals surface area contributed by atoms with Crippen molar-refractivity contribution in [3.05, 3.63) is 54.2 Å². The van der Waals surface area contributed by atoms with Crippen molar-refractivity contribution in [3.8, 4) is 22.9 Å². The highest BCUT2D eigenvalue weighted by atomic mass is 16.5. The second kappa shape index (κ2) is 8.11. The molecule has 26 heavy (non-hydrogen) atoms. The van der Waals surface area contributed by atoms with E-state index in [2.05, 4.69) is 20.4 Å². The van der Waals surface area contributed by atoms with Gasteiger partial charge in [0.2, 0.25) is 11.7 Å². The minimum absolute atomic E-state index is 0.118. The molecule has 0 unspecified atom stereocenters. The number of nitrogens with one attached hydrogen (secondary N) is 1. The van der Waals surface area contributed by atoms with E-state index in [1.165, 1.54) is 0 Å². The quantitative estimate of drug-likeness (QED) is 0.696. The maximum Gasteiger partial charge on any atom is 0.251 e. The lowest BCUT2D eigenvalue weighted by Crippen LogP contribution is -2.23. The number of carbonyl (C=O) groups is 1. The highest BCUT2D eigenvalue weighted by Crippen LogP contribution is 2.28. The second-order valence-electron chi connectivity index (χ2n) is 5.23. The van der Waals surface area contributed by atoms with E-state index >= 15 is 0 Å². The van der Waals surface area contributed by atoms with Gasteiger partial charge < -0.3 is 19.3 Å². The summed E-state index contributed by atoms with van der Waals surface area (Å²) in [5.74, 6) is 1.56. The van der Waals surface area contributed by atoms with E-state index in [9.17, 15) is 4.79 Å². The average molecular weight is 354 g/mol. The van der Waals surface area contributed by atoms with Crippen molar-refractivity contribution in [1.29, 1.82) is 0 Å². The molecule has 0 aliphatic heterocycles. The lowest BCUT2D eigenvalue weighted by atomic mass is 10.2. The van der Waals surface area contributed by atoms with E-state index in [-0.39, 0.29) is 12.5 Å². The molecule has 3 rings (SSSR count). The Morgan fingerprint density at radius 3 is 2.73 bits per heavy atom. The van der Waals surface area contributed by atoms with Gasteiger partial charge in [0.1, 0.15) is 0 Å². The zero-order valence-electron chi connectivity index (χ0n) is 14.4. The zero-order chi connectivity index (χ0) is 18.4. The fourth-order valence-electron chi connectivity index (χ4n) is 2.29. The molecule has 0 saturated heterocycles. The largest absolute Gasteiger partial charge is 0.493 e. The van der Waals surface area contributed by atoms with Crippen LogP contribution in [0.4, 0.5) is 0 Å². The summed E-state index contributed by atoms with van der Waals surface area (Å²) in [6.45, 7) is 2.45. The van der Waals surface area contributed by atoms with Gasteiger partial charge in [-0.2, -0.15) is 4.98 Å². The maximum absolute atomic E-state index is 12.3. The molecule has 1 N–H and O–H groups in total. The third-order valence-corrected chi connectivity index (χ3v) is 3.53. The molecule has 8 nitrogen and oxygen atoms in total. The molecule has 1 aromatic carbocycles. The van der Waals surface area contributed by atoms with Gasteiger partial charge in [0.15, 0.2) is 11.5 Å². The first-order valence-corrected chi connectivity index (χ1v) is 8.03. The van der Waals surface area contributed by atoms with Gasteiger partial charge in [0.05, 0.1) is 20.3 Å². The van der Waals surface area contributed by atoms with Crippen LogP contribution in [0.5, 0.6) is 11.5 Å². The van der Waals surface area contributed by atoms with E-state index in [1.54, 1.807) is 49.8 Å². The zero-order valence-corrected chi connectivity index (χ0v) is 14.4. The fourth-order valence-corrected chi connectivity index (χ4v) is 2.29. The van der Waals surface area contributed by atoms with Crippen molar-refractivity contribution in [2.75, 3.05) is 13.7 Å². The molecule has 0 radical (unpaired) electrons. The number of nitrogens with zero attached hydrogens (tertiary/aromatic N) is 3. The van der Waals surface area contributed by atoms with E-state index in [4.69, 9.17) is 14.0 Å². The van der Waals surface area contributed by atoms with Gasteiger partial charge in [-0.1, -0.05) is 5.16 Å². The van der Waals surface area contributed by atoms with Crippen LogP contribution in [0.1, 0.15) is 23.2 Å². The topological polar surface area (TPSA) is 99.4 Å². The van der Waals surface area contributed by atoms with Crippen molar-refractivity contribution in [3.63, 3.8) is 0 Å². The van der Waals surface area contributed by atoms with E-state index in [0.29, 0.717) is 35.4 Å². The standard InChI is InChI=1S/C18H18N4O4/c1-3-25-15-10-13(4-5-14(15)24-2)18(23)20-11-16-21-17(22-26-16)12-6-8-19-9-7-12/h4-10H,3,11H2,1-2H3,(H,20,23). The third-order valence-electron chi connectivity index (χ3n) is 3.53. The number of hydrogen-bond donors (Lipinski definition) is 1. The first-order chi connectivity index (χ1) is 12.7. The van der Waals surface area contributed by atoms with Crippen LogP contribution in [-0.2, 0) is 6.54 Å². The van der Waals surface area contributed by atoms with Crippen molar-refractivity contribution in [1.82, 2.24) is 20.4 Å². The lowest BCUT2D eigenvalue weighted by molar-refractivity contribution is 0.0945.